The predicted molar refractivity (Wildman–Crippen MR) is 62.0 cm³/mol. The van der Waals surface area contributed by atoms with E-state index in [0.29, 0.717) is 25.5 Å². The Kier molecular flexibility index (Phi) is 5.22. The van der Waals surface area contributed by atoms with Gasteiger partial charge in [0.15, 0.2) is 0 Å². The summed E-state index contributed by atoms with van der Waals surface area (Å²) in [5.74, 6) is 0.495. The number of carbonyl (C=O) groups excluding carboxylic acids is 1. The zero-order valence-electron chi connectivity index (χ0n) is 10.4. The lowest BCUT2D eigenvalue weighted by Crippen LogP contribution is -2.38. The van der Waals surface area contributed by atoms with Crippen molar-refractivity contribution in [3.05, 3.63) is 0 Å². The van der Waals surface area contributed by atoms with Gasteiger partial charge in [-0.1, -0.05) is 20.8 Å². The average molecular weight is 229 g/mol. The van der Waals surface area contributed by atoms with Crippen molar-refractivity contribution >= 4 is 5.91 Å². The largest absolute Gasteiger partial charge is 0.393 e. The molecule has 0 bridgehead atoms. The zero-order valence-corrected chi connectivity index (χ0v) is 10.4. The summed E-state index contributed by atoms with van der Waals surface area (Å²) in [6, 6.07) is 0. The molecule has 3 unspecified atom stereocenters. The van der Waals surface area contributed by atoms with Crippen molar-refractivity contribution in [2.45, 2.75) is 45.8 Å². The Morgan fingerprint density at radius 1 is 1.56 bits per heavy atom. The molecular weight excluding hydrogens is 206 g/mol. The van der Waals surface area contributed by atoms with Gasteiger partial charge in [0.2, 0.25) is 5.91 Å². The Bertz CT molecular complexity index is 230. The van der Waals surface area contributed by atoms with Gasteiger partial charge in [-0.25, -0.2) is 0 Å². The number of hydrogen-bond acceptors (Lipinski definition) is 3. The quantitative estimate of drug-likeness (QED) is 0.737. The highest BCUT2D eigenvalue weighted by molar-refractivity contribution is 5.81. The molecule has 16 heavy (non-hydrogen) atoms. The molecule has 0 aromatic heterocycles. The van der Waals surface area contributed by atoms with Crippen LogP contribution in [0.5, 0.6) is 0 Å². The van der Waals surface area contributed by atoms with Crippen LogP contribution in [0.25, 0.3) is 0 Å². The van der Waals surface area contributed by atoms with Crippen molar-refractivity contribution in [1.29, 1.82) is 0 Å². The second kappa shape index (κ2) is 6.21. The number of hydrogen-bond donors (Lipinski definition) is 2. The van der Waals surface area contributed by atoms with Crippen LogP contribution in [0.3, 0.4) is 0 Å². The highest BCUT2D eigenvalue weighted by atomic mass is 16.5. The fourth-order valence-electron chi connectivity index (χ4n) is 1.81. The van der Waals surface area contributed by atoms with E-state index in [-0.39, 0.29) is 24.0 Å². The van der Waals surface area contributed by atoms with E-state index in [9.17, 15) is 9.90 Å². The lowest BCUT2D eigenvalue weighted by atomic mass is 10.0. The van der Waals surface area contributed by atoms with Crippen molar-refractivity contribution < 1.29 is 14.6 Å². The van der Waals surface area contributed by atoms with Gasteiger partial charge in [-0.05, 0) is 24.7 Å². The Balaban J connectivity index is 2.20. The minimum absolute atomic E-state index is 0.0408. The molecule has 1 amide bonds. The van der Waals surface area contributed by atoms with Crippen LogP contribution in [0.2, 0.25) is 0 Å². The monoisotopic (exact) mass is 229 g/mol. The Labute approximate surface area is 97.4 Å². The molecule has 1 fully saturated rings. The number of aliphatic hydroxyl groups excluding tert-OH is 1. The fraction of sp³-hybridized carbons (Fsp3) is 0.917. The first-order valence-electron chi connectivity index (χ1n) is 6.09. The van der Waals surface area contributed by atoms with Gasteiger partial charge in [0, 0.05) is 13.2 Å². The number of amides is 1. The van der Waals surface area contributed by atoms with Crippen LogP contribution in [-0.2, 0) is 9.53 Å². The summed E-state index contributed by atoms with van der Waals surface area (Å²) >= 11 is 0. The molecule has 1 saturated heterocycles. The highest BCUT2D eigenvalue weighted by Gasteiger charge is 2.30. The van der Waals surface area contributed by atoms with Gasteiger partial charge in [0.05, 0.1) is 6.10 Å². The molecule has 0 aromatic rings. The average Bonchev–Trinajstić information content (AvgIpc) is 2.64. The predicted octanol–water partition coefficient (Wildman–Crippen LogP) is 0.935. The Hall–Kier alpha value is -0.610. The van der Waals surface area contributed by atoms with E-state index in [2.05, 4.69) is 5.32 Å². The van der Waals surface area contributed by atoms with Gasteiger partial charge in [0.1, 0.15) is 6.10 Å². The van der Waals surface area contributed by atoms with Gasteiger partial charge in [0.25, 0.3) is 0 Å². The third kappa shape index (κ3) is 3.76. The molecule has 94 valence electrons. The summed E-state index contributed by atoms with van der Waals surface area (Å²) < 4.78 is 5.36. The van der Waals surface area contributed by atoms with Gasteiger partial charge in [-0.15, -0.1) is 0 Å². The molecule has 1 rings (SSSR count). The van der Waals surface area contributed by atoms with E-state index in [1.807, 2.05) is 20.8 Å². The third-order valence-corrected chi connectivity index (χ3v) is 3.15. The van der Waals surface area contributed by atoms with E-state index < -0.39 is 0 Å². The first kappa shape index (κ1) is 13.5. The van der Waals surface area contributed by atoms with Crippen molar-refractivity contribution in [2.75, 3.05) is 13.2 Å². The standard InChI is InChI=1S/C12H23NO3/c1-8(2)10(14)4-6-13-12(15)11-9(3)5-7-16-11/h8-11,14H,4-7H2,1-3H3,(H,13,15). The highest BCUT2D eigenvalue weighted by Crippen LogP contribution is 2.19. The van der Waals surface area contributed by atoms with Crippen LogP contribution in [0.1, 0.15) is 33.6 Å². The maximum Gasteiger partial charge on any atom is 0.249 e. The number of nitrogens with one attached hydrogen (secondary N) is 1. The second-order valence-corrected chi connectivity index (χ2v) is 4.95. The van der Waals surface area contributed by atoms with Crippen LogP contribution < -0.4 is 5.32 Å². The van der Waals surface area contributed by atoms with Crippen molar-refractivity contribution in [1.82, 2.24) is 5.32 Å². The minimum Gasteiger partial charge on any atom is -0.393 e. The van der Waals surface area contributed by atoms with Crippen molar-refractivity contribution in [3.63, 3.8) is 0 Å². The Morgan fingerprint density at radius 3 is 2.75 bits per heavy atom. The molecule has 0 aliphatic carbocycles. The number of ether oxygens (including phenoxy) is 1. The number of aliphatic hydroxyl groups is 1. The van der Waals surface area contributed by atoms with Crippen LogP contribution in [0.4, 0.5) is 0 Å². The molecule has 1 aliphatic rings. The molecule has 4 heteroatoms. The number of rotatable bonds is 5. The Morgan fingerprint density at radius 2 is 2.25 bits per heavy atom. The molecule has 1 aliphatic heterocycles. The maximum absolute atomic E-state index is 11.7. The summed E-state index contributed by atoms with van der Waals surface area (Å²) in [5, 5.41) is 12.4. The van der Waals surface area contributed by atoms with Crippen LogP contribution in [0, 0.1) is 11.8 Å². The van der Waals surface area contributed by atoms with E-state index in [0.717, 1.165) is 6.42 Å². The molecule has 2 N–H and O–H groups in total. The summed E-state index contributed by atoms with van der Waals surface area (Å²) in [5.41, 5.74) is 0. The first-order chi connectivity index (χ1) is 7.52. The van der Waals surface area contributed by atoms with Gasteiger partial charge >= 0.3 is 0 Å². The van der Waals surface area contributed by atoms with Crippen LogP contribution >= 0.6 is 0 Å². The van der Waals surface area contributed by atoms with Crippen LogP contribution in [-0.4, -0.2) is 36.4 Å². The second-order valence-electron chi connectivity index (χ2n) is 4.95. The lowest BCUT2D eigenvalue weighted by Gasteiger charge is -2.17. The van der Waals surface area contributed by atoms with Crippen molar-refractivity contribution in [3.8, 4) is 0 Å². The molecule has 0 spiro atoms. The molecule has 0 saturated carbocycles. The van der Waals surface area contributed by atoms with E-state index in [1.165, 1.54) is 0 Å². The maximum atomic E-state index is 11.7. The van der Waals surface area contributed by atoms with E-state index >= 15 is 0 Å². The van der Waals surface area contributed by atoms with E-state index in [1.54, 1.807) is 0 Å². The molecule has 0 aromatic carbocycles. The zero-order chi connectivity index (χ0) is 12.1. The molecule has 0 radical (unpaired) electrons. The lowest BCUT2D eigenvalue weighted by molar-refractivity contribution is -0.131. The molecule has 3 atom stereocenters. The SMILES string of the molecule is CC(C)C(O)CCNC(=O)C1OCCC1C. The van der Waals surface area contributed by atoms with Gasteiger partial charge in [-0.3, -0.25) is 4.79 Å². The molecule has 1 heterocycles. The summed E-state index contributed by atoms with van der Waals surface area (Å²) in [7, 11) is 0. The number of carbonyl (C=O) groups is 1. The van der Waals surface area contributed by atoms with E-state index in [4.69, 9.17) is 4.74 Å². The summed E-state index contributed by atoms with van der Waals surface area (Å²) in [4.78, 5) is 11.7. The van der Waals surface area contributed by atoms with Crippen LogP contribution in [0.15, 0.2) is 0 Å². The molecule has 4 nitrogen and oxygen atoms in total. The fourth-order valence-corrected chi connectivity index (χ4v) is 1.81. The van der Waals surface area contributed by atoms with Gasteiger partial charge in [-0.2, -0.15) is 0 Å². The van der Waals surface area contributed by atoms with Crippen molar-refractivity contribution in [2.24, 2.45) is 11.8 Å². The van der Waals surface area contributed by atoms with Gasteiger partial charge < -0.3 is 15.2 Å². The molecular formula is C12H23NO3. The summed E-state index contributed by atoms with van der Waals surface area (Å²) in [6.07, 6.45) is 0.912. The summed E-state index contributed by atoms with van der Waals surface area (Å²) in [6.45, 7) is 7.15. The third-order valence-electron chi connectivity index (χ3n) is 3.15. The minimum atomic E-state index is -0.345. The smallest absolute Gasteiger partial charge is 0.249 e. The topological polar surface area (TPSA) is 58.6 Å². The normalized spacial score (nSPS) is 27.1. The first-order valence-corrected chi connectivity index (χ1v) is 6.09.